The molecule has 4 rings (SSSR count). The second-order valence-electron chi connectivity index (χ2n) is 8.10. The largest absolute Gasteiger partial charge is 0.493 e. The lowest BCUT2D eigenvalue weighted by molar-refractivity contribution is -0.127. The van der Waals surface area contributed by atoms with Gasteiger partial charge in [0.2, 0.25) is 5.91 Å². The maximum Gasteiger partial charge on any atom is 0.294 e. The van der Waals surface area contributed by atoms with Crippen LogP contribution in [-0.4, -0.2) is 48.8 Å². The summed E-state index contributed by atoms with van der Waals surface area (Å²) >= 11 is 0.788. The van der Waals surface area contributed by atoms with Crippen molar-refractivity contribution in [2.75, 3.05) is 32.2 Å². The first kappa shape index (κ1) is 25.8. The smallest absolute Gasteiger partial charge is 0.294 e. The van der Waals surface area contributed by atoms with Crippen LogP contribution in [0.1, 0.15) is 11.1 Å². The second-order valence-corrected chi connectivity index (χ2v) is 9.10. The van der Waals surface area contributed by atoms with Gasteiger partial charge in [-0.05, 0) is 66.7 Å². The number of rotatable bonds is 10. The van der Waals surface area contributed by atoms with Crippen molar-refractivity contribution in [1.29, 1.82) is 0 Å². The number of carbonyl (C=O) groups excluding carboxylic acids is 3. The van der Waals surface area contributed by atoms with Gasteiger partial charge in [0.15, 0.2) is 11.5 Å². The highest BCUT2D eigenvalue weighted by Crippen LogP contribution is 2.34. The quantitative estimate of drug-likeness (QED) is 0.294. The van der Waals surface area contributed by atoms with Gasteiger partial charge in [-0.2, -0.15) is 0 Å². The Morgan fingerprint density at radius 3 is 2.41 bits per heavy atom. The lowest BCUT2D eigenvalue weighted by Crippen LogP contribution is -2.36. The molecule has 1 fully saturated rings. The number of carbonyl (C=O) groups is 3. The predicted octanol–water partition coefficient (Wildman–Crippen LogP) is 5.14. The fraction of sp³-hybridized carbons (Fsp3) is 0.179. The molecule has 1 aliphatic heterocycles. The summed E-state index contributed by atoms with van der Waals surface area (Å²) in [5.74, 6) is 0.793. The van der Waals surface area contributed by atoms with Gasteiger partial charge in [-0.1, -0.05) is 42.0 Å². The summed E-state index contributed by atoms with van der Waals surface area (Å²) in [5, 5.41) is 2.17. The number of amides is 3. The Morgan fingerprint density at radius 2 is 1.68 bits per heavy atom. The van der Waals surface area contributed by atoms with E-state index >= 15 is 0 Å². The predicted molar refractivity (Wildman–Crippen MR) is 143 cm³/mol. The molecule has 0 aliphatic carbocycles. The van der Waals surface area contributed by atoms with Crippen LogP contribution in [0.5, 0.6) is 17.2 Å². The molecule has 1 heterocycles. The molecule has 0 spiro atoms. The van der Waals surface area contributed by atoms with Gasteiger partial charge in [-0.15, -0.1) is 0 Å². The number of nitrogens with one attached hydrogen (secondary N) is 1. The van der Waals surface area contributed by atoms with E-state index in [-0.39, 0.29) is 11.4 Å². The van der Waals surface area contributed by atoms with Crippen LogP contribution in [0.25, 0.3) is 6.08 Å². The summed E-state index contributed by atoms with van der Waals surface area (Å²) in [5.41, 5.74) is 2.40. The van der Waals surface area contributed by atoms with Crippen LogP contribution in [0.2, 0.25) is 0 Å². The highest BCUT2D eigenvalue weighted by Gasteiger charge is 2.36. The molecule has 1 N–H and O–H groups in total. The average Bonchev–Trinajstić information content (AvgIpc) is 3.15. The van der Waals surface area contributed by atoms with Crippen LogP contribution in [0.3, 0.4) is 0 Å². The summed E-state index contributed by atoms with van der Waals surface area (Å²) in [4.78, 5) is 38.7. The Morgan fingerprint density at radius 1 is 0.946 bits per heavy atom. The molecule has 190 valence electrons. The number of hydrogen-bond acceptors (Lipinski definition) is 7. The molecule has 0 unspecified atom stereocenters. The van der Waals surface area contributed by atoms with Crippen LogP contribution < -0.4 is 19.5 Å². The summed E-state index contributed by atoms with van der Waals surface area (Å²) in [7, 11) is 1.52. The minimum atomic E-state index is -0.522. The van der Waals surface area contributed by atoms with E-state index in [0.717, 1.165) is 28.0 Å². The molecule has 0 atom stereocenters. The van der Waals surface area contributed by atoms with Gasteiger partial charge in [0.25, 0.3) is 11.1 Å². The molecule has 3 aromatic carbocycles. The Balaban J connectivity index is 1.35. The minimum absolute atomic E-state index is 0.222. The van der Waals surface area contributed by atoms with E-state index in [1.54, 1.807) is 48.5 Å². The van der Waals surface area contributed by atoms with Crippen molar-refractivity contribution < 1.29 is 28.6 Å². The number of para-hydroxylation sites is 1. The topological polar surface area (TPSA) is 94.2 Å². The molecule has 1 aliphatic rings. The van der Waals surface area contributed by atoms with Crippen molar-refractivity contribution >= 4 is 40.6 Å². The summed E-state index contributed by atoms with van der Waals surface area (Å²) in [6.07, 6.45) is 1.59. The number of hydrogen-bond donors (Lipinski definition) is 1. The molecule has 8 nitrogen and oxygen atoms in total. The fourth-order valence-electron chi connectivity index (χ4n) is 3.49. The van der Waals surface area contributed by atoms with E-state index in [4.69, 9.17) is 14.2 Å². The van der Waals surface area contributed by atoms with Gasteiger partial charge in [0, 0.05) is 5.69 Å². The van der Waals surface area contributed by atoms with Crippen LogP contribution >= 0.6 is 11.8 Å². The van der Waals surface area contributed by atoms with Crippen LogP contribution in [0.4, 0.5) is 10.5 Å². The van der Waals surface area contributed by atoms with Gasteiger partial charge in [-0.3, -0.25) is 19.3 Å². The standard InChI is InChI=1S/C28H26N2O6S/c1-19-8-11-22(12-9-19)35-14-15-36-23-13-10-20(16-24(23)34-2)17-25-27(32)30(28(33)37-25)18-26(31)29-21-6-4-3-5-7-21/h3-13,16-17H,14-15,18H2,1-2H3,(H,29,31)/b25-17-. The van der Waals surface area contributed by atoms with Crippen molar-refractivity contribution in [3.05, 3.63) is 88.8 Å². The van der Waals surface area contributed by atoms with E-state index < -0.39 is 17.1 Å². The highest BCUT2D eigenvalue weighted by molar-refractivity contribution is 8.18. The van der Waals surface area contributed by atoms with Crippen molar-refractivity contribution in [2.24, 2.45) is 0 Å². The van der Waals surface area contributed by atoms with Gasteiger partial charge < -0.3 is 19.5 Å². The van der Waals surface area contributed by atoms with Crippen molar-refractivity contribution in [2.45, 2.75) is 6.92 Å². The SMILES string of the molecule is COc1cc(/C=C2\SC(=O)N(CC(=O)Nc3ccccc3)C2=O)ccc1OCCOc1ccc(C)cc1. The number of methoxy groups -OCH3 is 1. The van der Waals surface area contributed by atoms with Gasteiger partial charge in [-0.25, -0.2) is 0 Å². The maximum absolute atomic E-state index is 12.8. The number of ether oxygens (including phenoxy) is 3. The third-order valence-corrected chi connectivity index (χ3v) is 6.26. The van der Waals surface area contributed by atoms with Gasteiger partial charge in [0.05, 0.1) is 12.0 Å². The summed E-state index contributed by atoms with van der Waals surface area (Å²) < 4.78 is 16.9. The molecule has 3 amide bonds. The molecule has 1 saturated heterocycles. The molecule has 0 bridgehead atoms. The normalized spacial score (nSPS) is 14.1. The van der Waals surface area contributed by atoms with Gasteiger partial charge >= 0.3 is 0 Å². The van der Waals surface area contributed by atoms with Crippen molar-refractivity contribution in [1.82, 2.24) is 4.90 Å². The van der Waals surface area contributed by atoms with E-state index in [9.17, 15) is 14.4 Å². The van der Waals surface area contributed by atoms with Crippen LogP contribution in [0, 0.1) is 6.92 Å². The highest BCUT2D eigenvalue weighted by atomic mass is 32.2. The molecular weight excluding hydrogens is 492 g/mol. The molecule has 0 aromatic heterocycles. The monoisotopic (exact) mass is 518 g/mol. The van der Waals surface area contributed by atoms with E-state index in [1.807, 2.05) is 37.3 Å². The molecular formula is C28H26N2O6S. The van der Waals surface area contributed by atoms with Crippen LogP contribution in [0.15, 0.2) is 77.7 Å². The Hall–Kier alpha value is -4.24. The zero-order valence-corrected chi connectivity index (χ0v) is 21.2. The summed E-state index contributed by atoms with van der Waals surface area (Å²) in [6.45, 7) is 2.32. The first-order valence-electron chi connectivity index (χ1n) is 11.5. The van der Waals surface area contributed by atoms with Crippen molar-refractivity contribution in [3.63, 3.8) is 0 Å². The number of imide groups is 1. The summed E-state index contributed by atoms with van der Waals surface area (Å²) in [6, 6.07) is 21.8. The number of benzene rings is 3. The number of thioether (sulfide) groups is 1. The van der Waals surface area contributed by atoms with Crippen molar-refractivity contribution in [3.8, 4) is 17.2 Å². The van der Waals surface area contributed by atoms with E-state index in [1.165, 1.54) is 7.11 Å². The van der Waals surface area contributed by atoms with E-state index in [0.29, 0.717) is 36.0 Å². The minimum Gasteiger partial charge on any atom is -0.493 e. The Bertz CT molecular complexity index is 1310. The fourth-order valence-corrected chi connectivity index (χ4v) is 4.33. The molecule has 37 heavy (non-hydrogen) atoms. The molecule has 0 radical (unpaired) electrons. The lowest BCUT2D eigenvalue weighted by atomic mass is 10.2. The molecule has 0 saturated carbocycles. The average molecular weight is 519 g/mol. The third-order valence-electron chi connectivity index (χ3n) is 5.35. The number of anilines is 1. The number of aryl methyl sites for hydroxylation is 1. The zero-order valence-electron chi connectivity index (χ0n) is 20.4. The third kappa shape index (κ3) is 6.92. The van der Waals surface area contributed by atoms with E-state index in [2.05, 4.69) is 5.32 Å². The first-order chi connectivity index (χ1) is 17.9. The molecule has 3 aromatic rings. The van der Waals surface area contributed by atoms with Crippen LogP contribution in [-0.2, 0) is 9.59 Å². The van der Waals surface area contributed by atoms with Gasteiger partial charge in [0.1, 0.15) is 25.5 Å². The Kier molecular flexibility index (Phi) is 8.48. The zero-order chi connectivity index (χ0) is 26.2. The number of nitrogens with zero attached hydrogens (tertiary/aromatic N) is 1. The Labute approximate surface area is 219 Å². The molecule has 9 heteroatoms. The first-order valence-corrected chi connectivity index (χ1v) is 12.3. The maximum atomic E-state index is 12.8. The lowest BCUT2D eigenvalue weighted by Gasteiger charge is -2.13. The second kappa shape index (κ2) is 12.1.